The molecule has 2 aromatic rings. The number of ether oxygens (including phenoxy) is 2. The second-order valence-electron chi connectivity index (χ2n) is 7.16. The van der Waals surface area contributed by atoms with Crippen molar-refractivity contribution in [1.82, 2.24) is 9.80 Å². The number of rotatable bonds is 5. The number of anilines is 1. The third-order valence-electron chi connectivity index (χ3n) is 4.98. The van der Waals surface area contributed by atoms with Crippen LogP contribution in [0, 0.1) is 6.92 Å². The Bertz CT molecular complexity index is 822. The highest BCUT2D eigenvalue weighted by molar-refractivity contribution is 5.92. The third kappa shape index (κ3) is 5.16. The molecule has 0 unspecified atom stereocenters. The molecule has 0 bridgehead atoms. The van der Waals surface area contributed by atoms with Gasteiger partial charge in [-0.15, -0.1) is 12.4 Å². The van der Waals surface area contributed by atoms with Crippen LogP contribution >= 0.6 is 12.4 Å². The van der Waals surface area contributed by atoms with Gasteiger partial charge in [-0.05, 0) is 42.3 Å². The number of hydrogen-bond acceptors (Lipinski definition) is 5. The lowest BCUT2D eigenvalue weighted by Gasteiger charge is -2.34. The Hall–Kier alpha value is -2.28. The van der Waals surface area contributed by atoms with E-state index in [1.165, 1.54) is 5.56 Å². The number of carbonyl (C=O) groups is 1. The first-order valence-electron chi connectivity index (χ1n) is 9.35. The van der Waals surface area contributed by atoms with Gasteiger partial charge in [-0.2, -0.15) is 0 Å². The maximum Gasteiger partial charge on any atom is 0.238 e. The molecule has 4 rings (SSSR count). The molecule has 2 aliphatic rings. The van der Waals surface area contributed by atoms with Crippen LogP contribution in [0.1, 0.15) is 11.1 Å². The fraction of sp³-hybridized carbons (Fsp3) is 0.381. The zero-order chi connectivity index (χ0) is 18.6. The second kappa shape index (κ2) is 9.28. The first-order chi connectivity index (χ1) is 13.2. The number of fused-ring (bicyclic) bond motifs is 1. The molecule has 150 valence electrons. The van der Waals surface area contributed by atoms with Crippen LogP contribution in [0.25, 0.3) is 0 Å². The van der Waals surface area contributed by atoms with E-state index in [4.69, 9.17) is 9.47 Å². The molecule has 2 aromatic carbocycles. The molecule has 7 heteroatoms. The molecule has 0 saturated carbocycles. The Kier molecular flexibility index (Phi) is 6.78. The lowest BCUT2D eigenvalue weighted by molar-refractivity contribution is -0.117. The number of amides is 1. The number of nitrogens with one attached hydrogen (secondary N) is 1. The second-order valence-corrected chi connectivity index (χ2v) is 7.16. The van der Waals surface area contributed by atoms with Gasteiger partial charge in [-0.25, -0.2) is 0 Å². The number of hydrogen-bond donors (Lipinski definition) is 1. The summed E-state index contributed by atoms with van der Waals surface area (Å²) in [5.41, 5.74) is 3.23. The van der Waals surface area contributed by atoms with Gasteiger partial charge < -0.3 is 14.8 Å². The predicted octanol–water partition coefficient (Wildman–Crippen LogP) is 2.90. The molecule has 28 heavy (non-hydrogen) atoms. The van der Waals surface area contributed by atoms with Crippen LogP contribution in [0.15, 0.2) is 42.5 Å². The molecule has 1 saturated heterocycles. The highest BCUT2D eigenvalue weighted by Gasteiger charge is 2.20. The Morgan fingerprint density at radius 1 is 1.00 bits per heavy atom. The van der Waals surface area contributed by atoms with E-state index in [-0.39, 0.29) is 18.3 Å². The maximum absolute atomic E-state index is 12.3. The van der Waals surface area contributed by atoms with Crippen molar-refractivity contribution >= 4 is 24.0 Å². The molecule has 0 aliphatic carbocycles. The molecule has 2 heterocycles. The van der Waals surface area contributed by atoms with Crippen LogP contribution < -0.4 is 14.8 Å². The van der Waals surface area contributed by atoms with Crippen molar-refractivity contribution < 1.29 is 14.3 Å². The largest absolute Gasteiger partial charge is 0.454 e. The molecular formula is C21H26ClN3O3. The summed E-state index contributed by atoms with van der Waals surface area (Å²) >= 11 is 0. The number of nitrogens with zero attached hydrogens (tertiary/aromatic N) is 2. The Balaban J connectivity index is 0.00000225. The fourth-order valence-corrected chi connectivity index (χ4v) is 3.53. The van der Waals surface area contributed by atoms with Gasteiger partial charge in [0.25, 0.3) is 0 Å². The van der Waals surface area contributed by atoms with E-state index in [0.29, 0.717) is 13.3 Å². The van der Waals surface area contributed by atoms with E-state index >= 15 is 0 Å². The van der Waals surface area contributed by atoms with E-state index < -0.39 is 0 Å². The lowest BCUT2D eigenvalue weighted by atomic mass is 10.1. The van der Waals surface area contributed by atoms with Crippen molar-refractivity contribution in [3.8, 4) is 11.5 Å². The average Bonchev–Trinajstić information content (AvgIpc) is 3.11. The zero-order valence-electron chi connectivity index (χ0n) is 16.0. The molecule has 0 atom stereocenters. The van der Waals surface area contributed by atoms with Crippen molar-refractivity contribution in [2.24, 2.45) is 0 Å². The van der Waals surface area contributed by atoms with Crippen molar-refractivity contribution in [2.75, 3.05) is 44.8 Å². The summed E-state index contributed by atoms with van der Waals surface area (Å²) in [6, 6.07) is 14.0. The van der Waals surface area contributed by atoms with Gasteiger partial charge in [-0.3, -0.25) is 14.6 Å². The van der Waals surface area contributed by atoms with Crippen molar-refractivity contribution in [2.45, 2.75) is 13.5 Å². The van der Waals surface area contributed by atoms with Crippen molar-refractivity contribution in [3.63, 3.8) is 0 Å². The molecule has 1 amide bonds. The van der Waals surface area contributed by atoms with Gasteiger partial charge in [0.05, 0.1) is 6.54 Å². The Morgan fingerprint density at radius 2 is 1.75 bits per heavy atom. The standard InChI is InChI=1S/C21H25N3O3.ClH/c1-16-3-2-4-18(11-16)22-21(25)14-24-9-7-23(8-10-24)13-17-5-6-19-20(12-17)27-15-26-19;/h2-6,11-12H,7-10,13-15H2,1H3,(H,22,25);1H. The first kappa shape index (κ1) is 20.5. The highest BCUT2D eigenvalue weighted by atomic mass is 35.5. The van der Waals surface area contributed by atoms with Crippen LogP contribution in [0.5, 0.6) is 11.5 Å². The van der Waals surface area contributed by atoms with Crippen LogP contribution in [0.2, 0.25) is 0 Å². The van der Waals surface area contributed by atoms with Gasteiger partial charge >= 0.3 is 0 Å². The van der Waals surface area contributed by atoms with E-state index in [9.17, 15) is 4.79 Å². The summed E-state index contributed by atoms with van der Waals surface area (Å²) in [7, 11) is 0. The first-order valence-corrected chi connectivity index (χ1v) is 9.35. The minimum atomic E-state index is 0. The number of piperazine rings is 1. The van der Waals surface area contributed by atoms with Crippen LogP contribution in [-0.4, -0.2) is 55.2 Å². The molecule has 0 spiro atoms. The molecule has 6 nitrogen and oxygen atoms in total. The Morgan fingerprint density at radius 3 is 2.54 bits per heavy atom. The monoisotopic (exact) mass is 403 g/mol. The summed E-state index contributed by atoms with van der Waals surface area (Å²) in [5, 5.41) is 2.99. The van der Waals surface area contributed by atoms with Gasteiger partial charge in [-0.1, -0.05) is 18.2 Å². The van der Waals surface area contributed by atoms with Gasteiger partial charge in [0.2, 0.25) is 12.7 Å². The average molecular weight is 404 g/mol. The number of carbonyl (C=O) groups excluding carboxylic acids is 1. The molecule has 0 radical (unpaired) electrons. The molecule has 1 fully saturated rings. The molecular weight excluding hydrogens is 378 g/mol. The summed E-state index contributed by atoms with van der Waals surface area (Å²) in [4.78, 5) is 16.9. The van der Waals surface area contributed by atoms with Gasteiger partial charge in [0.1, 0.15) is 0 Å². The maximum atomic E-state index is 12.3. The smallest absolute Gasteiger partial charge is 0.238 e. The topological polar surface area (TPSA) is 54.0 Å². The quantitative estimate of drug-likeness (QED) is 0.831. The summed E-state index contributed by atoms with van der Waals surface area (Å²) < 4.78 is 10.8. The number of benzene rings is 2. The van der Waals surface area contributed by atoms with Crippen LogP contribution in [-0.2, 0) is 11.3 Å². The van der Waals surface area contributed by atoms with E-state index in [2.05, 4.69) is 27.2 Å². The zero-order valence-corrected chi connectivity index (χ0v) is 16.8. The predicted molar refractivity (Wildman–Crippen MR) is 111 cm³/mol. The normalized spacial score (nSPS) is 16.5. The summed E-state index contributed by atoms with van der Waals surface area (Å²) in [6.07, 6.45) is 0. The number of aryl methyl sites for hydroxylation is 1. The molecule has 0 aromatic heterocycles. The van der Waals surface area contributed by atoms with E-state index in [1.54, 1.807) is 0 Å². The van der Waals surface area contributed by atoms with Crippen molar-refractivity contribution in [1.29, 1.82) is 0 Å². The van der Waals surface area contributed by atoms with Crippen molar-refractivity contribution in [3.05, 3.63) is 53.6 Å². The lowest BCUT2D eigenvalue weighted by Crippen LogP contribution is -2.48. The SMILES string of the molecule is Cc1cccc(NC(=O)CN2CCN(Cc3ccc4c(c3)OCO4)CC2)c1.Cl. The van der Waals surface area contributed by atoms with Crippen LogP contribution in [0.3, 0.4) is 0 Å². The highest BCUT2D eigenvalue weighted by Crippen LogP contribution is 2.32. The van der Waals surface area contributed by atoms with E-state index in [1.807, 2.05) is 37.3 Å². The molecule has 1 N–H and O–H groups in total. The fourth-order valence-electron chi connectivity index (χ4n) is 3.53. The Labute approximate surface area is 171 Å². The van der Waals surface area contributed by atoms with E-state index in [0.717, 1.165) is 55.5 Å². The summed E-state index contributed by atoms with van der Waals surface area (Å²) in [6.45, 7) is 7.35. The summed E-state index contributed by atoms with van der Waals surface area (Å²) in [5.74, 6) is 1.70. The van der Waals surface area contributed by atoms with Gasteiger partial charge in [0, 0.05) is 38.4 Å². The minimum Gasteiger partial charge on any atom is -0.454 e. The van der Waals surface area contributed by atoms with Crippen LogP contribution in [0.4, 0.5) is 5.69 Å². The number of halogens is 1. The minimum absolute atomic E-state index is 0. The molecule has 2 aliphatic heterocycles. The van der Waals surface area contributed by atoms with Gasteiger partial charge in [0.15, 0.2) is 11.5 Å². The third-order valence-corrected chi connectivity index (χ3v) is 4.98.